The van der Waals surface area contributed by atoms with Gasteiger partial charge in [0.25, 0.3) is 0 Å². The summed E-state index contributed by atoms with van der Waals surface area (Å²) in [5.41, 5.74) is 2.41. The van der Waals surface area contributed by atoms with Gasteiger partial charge in [-0.05, 0) is 17.7 Å². The van der Waals surface area contributed by atoms with Crippen LogP contribution in [0.1, 0.15) is 18.0 Å². The fourth-order valence-corrected chi connectivity index (χ4v) is 3.26. The van der Waals surface area contributed by atoms with Crippen LogP contribution in [0.2, 0.25) is 0 Å². The number of benzene rings is 1. The maximum Gasteiger partial charge on any atom is 0.232 e. The van der Waals surface area contributed by atoms with Crippen LogP contribution >= 0.6 is 11.3 Å². The van der Waals surface area contributed by atoms with Gasteiger partial charge >= 0.3 is 0 Å². The van der Waals surface area contributed by atoms with E-state index in [-0.39, 0.29) is 24.3 Å². The van der Waals surface area contributed by atoms with Crippen LogP contribution in [0.4, 0.5) is 5.13 Å². The van der Waals surface area contributed by atoms with E-state index in [4.69, 9.17) is 4.74 Å². The molecule has 2 amide bonds. The van der Waals surface area contributed by atoms with Crippen molar-refractivity contribution in [2.45, 2.75) is 12.5 Å². The van der Waals surface area contributed by atoms with Crippen molar-refractivity contribution in [2.75, 3.05) is 19.5 Å². The number of hydrogen-bond donors (Lipinski definition) is 1. The van der Waals surface area contributed by atoms with E-state index in [2.05, 4.69) is 15.5 Å². The summed E-state index contributed by atoms with van der Waals surface area (Å²) in [6.07, 6.45) is 0.170. The maximum absolute atomic E-state index is 12.6. The molecule has 1 aliphatic rings. The summed E-state index contributed by atoms with van der Waals surface area (Å²) < 4.78 is 5.24. The first-order valence-corrected chi connectivity index (χ1v) is 7.94. The number of nitrogens with one attached hydrogen (secondary N) is 1. The number of carbonyl (C=O) groups excluding carboxylic acids is 2. The monoisotopic (exact) mass is 332 g/mol. The Kier molecular flexibility index (Phi) is 4.24. The second-order valence-corrected chi connectivity index (χ2v) is 6.10. The van der Waals surface area contributed by atoms with Crippen LogP contribution in [0.15, 0.2) is 29.8 Å². The van der Waals surface area contributed by atoms with Crippen molar-refractivity contribution in [1.29, 1.82) is 0 Å². The van der Waals surface area contributed by atoms with Crippen LogP contribution in [0.3, 0.4) is 0 Å². The van der Waals surface area contributed by atoms with Crippen molar-refractivity contribution in [3.63, 3.8) is 0 Å². The van der Waals surface area contributed by atoms with Gasteiger partial charge in [-0.3, -0.25) is 9.59 Å². The van der Waals surface area contributed by atoms with E-state index in [1.807, 2.05) is 24.3 Å². The van der Waals surface area contributed by atoms with Gasteiger partial charge < -0.3 is 15.0 Å². The SMILES string of the molecule is COc1cccc([C@@H]2[C@@H](C(=O)Nc3nncs3)CC(=O)N2C)c1. The number of rotatable bonds is 4. The molecule has 2 atom stereocenters. The molecule has 0 radical (unpaired) electrons. The lowest BCUT2D eigenvalue weighted by Crippen LogP contribution is -2.30. The lowest BCUT2D eigenvalue weighted by Gasteiger charge is -2.25. The lowest BCUT2D eigenvalue weighted by molar-refractivity contribution is -0.127. The average Bonchev–Trinajstić information content (AvgIpc) is 3.16. The van der Waals surface area contributed by atoms with E-state index in [9.17, 15) is 9.59 Å². The summed E-state index contributed by atoms with van der Waals surface area (Å²) in [6, 6.07) is 7.10. The predicted molar refractivity (Wildman–Crippen MR) is 85.2 cm³/mol. The predicted octanol–water partition coefficient (Wildman–Crippen LogP) is 1.70. The quantitative estimate of drug-likeness (QED) is 0.921. The number of hydrogen-bond acceptors (Lipinski definition) is 6. The number of amides is 2. The molecular weight excluding hydrogens is 316 g/mol. The molecule has 3 rings (SSSR count). The second-order valence-electron chi connectivity index (χ2n) is 5.27. The third-order valence-corrected chi connectivity index (χ3v) is 4.56. The molecule has 0 saturated carbocycles. The van der Waals surface area contributed by atoms with E-state index in [0.717, 1.165) is 5.56 Å². The molecule has 1 fully saturated rings. The Bertz CT molecular complexity index is 719. The summed E-state index contributed by atoms with van der Waals surface area (Å²) in [5.74, 6) is -0.0791. The molecule has 0 bridgehead atoms. The zero-order chi connectivity index (χ0) is 16.4. The molecule has 7 nitrogen and oxygen atoms in total. The molecule has 0 spiro atoms. The first-order chi connectivity index (χ1) is 11.1. The fourth-order valence-electron chi connectivity index (χ4n) is 2.81. The van der Waals surface area contributed by atoms with Crippen molar-refractivity contribution >= 4 is 28.3 Å². The fraction of sp³-hybridized carbons (Fsp3) is 0.333. The summed E-state index contributed by atoms with van der Waals surface area (Å²) in [7, 11) is 3.30. The molecule has 23 heavy (non-hydrogen) atoms. The van der Waals surface area contributed by atoms with Gasteiger partial charge in [0.05, 0.1) is 19.1 Å². The molecule has 120 valence electrons. The maximum atomic E-state index is 12.6. The number of carbonyl (C=O) groups is 2. The Morgan fingerprint density at radius 2 is 2.30 bits per heavy atom. The molecule has 0 unspecified atom stereocenters. The molecule has 1 aromatic carbocycles. The standard InChI is InChI=1S/C15H16N4O3S/c1-19-12(20)7-11(14(21)17-15-18-16-8-23-15)13(19)9-4-3-5-10(6-9)22-2/h3-6,8,11,13H,7H2,1-2H3,(H,17,18,21)/t11-,13+/m0/s1. The molecule has 2 aromatic rings. The summed E-state index contributed by atoms with van der Waals surface area (Å²) in [5, 5.41) is 10.7. The minimum Gasteiger partial charge on any atom is -0.497 e. The zero-order valence-electron chi connectivity index (χ0n) is 12.7. The number of nitrogens with zero attached hydrogens (tertiary/aromatic N) is 3. The van der Waals surface area contributed by atoms with Crippen LogP contribution < -0.4 is 10.1 Å². The number of anilines is 1. The van der Waals surface area contributed by atoms with E-state index in [1.54, 1.807) is 24.6 Å². The molecule has 1 aromatic heterocycles. The molecule has 0 aliphatic carbocycles. The Labute approximate surface area is 137 Å². The summed E-state index contributed by atoms with van der Waals surface area (Å²) in [4.78, 5) is 26.3. The Morgan fingerprint density at radius 3 is 3.00 bits per heavy atom. The number of aromatic nitrogens is 2. The van der Waals surface area contributed by atoms with E-state index < -0.39 is 5.92 Å². The Balaban J connectivity index is 1.88. The Morgan fingerprint density at radius 1 is 1.48 bits per heavy atom. The van der Waals surface area contributed by atoms with E-state index in [0.29, 0.717) is 10.9 Å². The van der Waals surface area contributed by atoms with Gasteiger partial charge in [0.15, 0.2) is 0 Å². The Hall–Kier alpha value is -2.48. The minimum absolute atomic E-state index is 0.0600. The number of likely N-dealkylation sites (tertiary alicyclic amines) is 1. The average molecular weight is 332 g/mol. The van der Waals surface area contributed by atoms with Gasteiger partial charge in [0, 0.05) is 13.5 Å². The lowest BCUT2D eigenvalue weighted by atomic mass is 9.93. The van der Waals surface area contributed by atoms with Crippen molar-refractivity contribution < 1.29 is 14.3 Å². The third kappa shape index (κ3) is 3.02. The van der Waals surface area contributed by atoms with Crippen molar-refractivity contribution in [3.8, 4) is 5.75 Å². The van der Waals surface area contributed by atoms with Crippen LogP contribution in [0, 0.1) is 5.92 Å². The molecule has 8 heteroatoms. The van der Waals surface area contributed by atoms with Gasteiger partial charge in [0.2, 0.25) is 16.9 Å². The topological polar surface area (TPSA) is 84.4 Å². The zero-order valence-corrected chi connectivity index (χ0v) is 13.5. The van der Waals surface area contributed by atoms with Crippen LogP contribution in [0.25, 0.3) is 0 Å². The highest BCUT2D eigenvalue weighted by Gasteiger charge is 2.43. The van der Waals surface area contributed by atoms with E-state index >= 15 is 0 Å². The summed E-state index contributed by atoms with van der Waals surface area (Å²) >= 11 is 1.24. The molecule has 1 aliphatic heterocycles. The van der Waals surface area contributed by atoms with Crippen LogP contribution in [-0.2, 0) is 9.59 Å². The van der Waals surface area contributed by atoms with Gasteiger partial charge in [-0.1, -0.05) is 23.5 Å². The highest BCUT2D eigenvalue weighted by atomic mass is 32.1. The highest BCUT2D eigenvalue weighted by molar-refractivity contribution is 7.13. The van der Waals surface area contributed by atoms with Gasteiger partial charge in [-0.25, -0.2) is 0 Å². The van der Waals surface area contributed by atoms with Crippen LogP contribution in [0.5, 0.6) is 5.75 Å². The largest absolute Gasteiger partial charge is 0.497 e. The molecule has 1 N–H and O–H groups in total. The molecule has 1 saturated heterocycles. The second kappa shape index (κ2) is 6.33. The normalized spacial score (nSPS) is 20.6. The molecular formula is C15H16N4O3S. The van der Waals surface area contributed by atoms with Crippen LogP contribution in [-0.4, -0.2) is 41.1 Å². The minimum atomic E-state index is -0.483. The van der Waals surface area contributed by atoms with Crippen molar-refractivity contribution in [3.05, 3.63) is 35.3 Å². The smallest absolute Gasteiger partial charge is 0.232 e. The molecule has 2 heterocycles. The van der Waals surface area contributed by atoms with E-state index in [1.165, 1.54) is 11.3 Å². The first-order valence-electron chi connectivity index (χ1n) is 7.07. The number of methoxy groups -OCH3 is 1. The first kappa shape index (κ1) is 15.4. The highest BCUT2D eigenvalue weighted by Crippen LogP contribution is 2.38. The van der Waals surface area contributed by atoms with Gasteiger partial charge in [0.1, 0.15) is 11.3 Å². The van der Waals surface area contributed by atoms with Gasteiger partial charge in [-0.15, -0.1) is 10.2 Å². The third-order valence-electron chi connectivity index (χ3n) is 3.95. The van der Waals surface area contributed by atoms with Crippen molar-refractivity contribution in [1.82, 2.24) is 15.1 Å². The van der Waals surface area contributed by atoms with Gasteiger partial charge in [-0.2, -0.15) is 0 Å². The summed E-state index contributed by atoms with van der Waals surface area (Å²) in [6.45, 7) is 0. The van der Waals surface area contributed by atoms with Crippen molar-refractivity contribution in [2.24, 2.45) is 5.92 Å². The number of ether oxygens (including phenoxy) is 1.